The van der Waals surface area contributed by atoms with Crippen molar-refractivity contribution in [2.24, 2.45) is 5.92 Å². The molecule has 2 aromatic heterocycles. The summed E-state index contributed by atoms with van der Waals surface area (Å²) in [6.07, 6.45) is 0. The van der Waals surface area contributed by atoms with E-state index in [0.717, 1.165) is 22.6 Å². The van der Waals surface area contributed by atoms with Crippen LogP contribution in [-0.4, -0.2) is 28.0 Å². The van der Waals surface area contributed by atoms with Crippen LogP contribution >= 0.6 is 22.9 Å². The van der Waals surface area contributed by atoms with Crippen molar-refractivity contribution >= 4 is 33.2 Å². The molecular formula is C15H22ClN3S. The zero-order valence-electron chi connectivity index (χ0n) is 13.0. The number of rotatable bonds is 4. The highest BCUT2D eigenvalue weighted by Crippen LogP contribution is 2.33. The van der Waals surface area contributed by atoms with Crippen molar-refractivity contribution in [3.8, 4) is 0 Å². The van der Waals surface area contributed by atoms with E-state index in [4.69, 9.17) is 11.6 Å². The van der Waals surface area contributed by atoms with Gasteiger partial charge >= 0.3 is 0 Å². The Labute approximate surface area is 130 Å². The van der Waals surface area contributed by atoms with E-state index in [-0.39, 0.29) is 0 Å². The van der Waals surface area contributed by atoms with Crippen molar-refractivity contribution in [3.63, 3.8) is 0 Å². The standard InChI is InChI=1S/C15H22ClN3S/c1-8(2)10(4)19(6)7-12-17-14(16)13-9(3)11(5)20-15(13)18-12/h8,10H,7H2,1-6H3. The topological polar surface area (TPSA) is 29.0 Å². The number of halogens is 1. The van der Waals surface area contributed by atoms with Crippen LogP contribution in [0.15, 0.2) is 0 Å². The molecule has 0 bridgehead atoms. The molecule has 0 radical (unpaired) electrons. The Morgan fingerprint density at radius 3 is 2.45 bits per heavy atom. The first kappa shape index (κ1) is 15.7. The lowest BCUT2D eigenvalue weighted by Gasteiger charge is -2.27. The lowest BCUT2D eigenvalue weighted by Crippen LogP contribution is -2.33. The zero-order valence-corrected chi connectivity index (χ0v) is 14.6. The lowest BCUT2D eigenvalue weighted by molar-refractivity contribution is 0.196. The monoisotopic (exact) mass is 311 g/mol. The van der Waals surface area contributed by atoms with Crippen molar-refractivity contribution in [2.45, 2.75) is 47.2 Å². The Hall–Kier alpha value is -0.710. The summed E-state index contributed by atoms with van der Waals surface area (Å²) in [7, 11) is 2.11. The molecule has 0 amide bonds. The number of aromatic nitrogens is 2. The SMILES string of the molecule is Cc1sc2nc(CN(C)C(C)C(C)C)nc(Cl)c2c1C. The fraction of sp³-hybridized carbons (Fsp3) is 0.600. The first-order valence-electron chi connectivity index (χ1n) is 6.93. The molecule has 2 heterocycles. The first-order valence-corrected chi connectivity index (χ1v) is 8.13. The van der Waals surface area contributed by atoms with Crippen LogP contribution in [0.5, 0.6) is 0 Å². The Morgan fingerprint density at radius 1 is 1.20 bits per heavy atom. The molecule has 3 nitrogen and oxygen atoms in total. The maximum absolute atomic E-state index is 6.34. The highest BCUT2D eigenvalue weighted by molar-refractivity contribution is 7.18. The molecule has 0 saturated carbocycles. The Balaban J connectivity index is 2.32. The van der Waals surface area contributed by atoms with Crippen LogP contribution in [0.1, 0.15) is 37.0 Å². The molecule has 1 unspecified atom stereocenters. The van der Waals surface area contributed by atoms with Crippen molar-refractivity contribution in [2.75, 3.05) is 7.05 Å². The van der Waals surface area contributed by atoms with Crippen molar-refractivity contribution in [3.05, 3.63) is 21.4 Å². The quantitative estimate of drug-likeness (QED) is 0.782. The van der Waals surface area contributed by atoms with Gasteiger partial charge in [-0.3, -0.25) is 4.90 Å². The number of hydrogen-bond donors (Lipinski definition) is 0. The second-order valence-electron chi connectivity index (χ2n) is 5.79. The van der Waals surface area contributed by atoms with Crippen molar-refractivity contribution < 1.29 is 0 Å². The average molecular weight is 312 g/mol. The number of fused-ring (bicyclic) bond motifs is 1. The van der Waals surface area contributed by atoms with E-state index in [1.54, 1.807) is 11.3 Å². The van der Waals surface area contributed by atoms with E-state index < -0.39 is 0 Å². The molecule has 0 spiro atoms. The van der Waals surface area contributed by atoms with E-state index in [1.807, 2.05) is 0 Å². The van der Waals surface area contributed by atoms with Gasteiger partial charge in [-0.05, 0) is 39.3 Å². The second kappa shape index (κ2) is 5.96. The van der Waals surface area contributed by atoms with Gasteiger partial charge in [-0.1, -0.05) is 25.4 Å². The highest BCUT2D eigenvalue weighted by atomic mass is 35.5. The molecule has 1 atom stereocenters. The van der Waals surface area contributed by atoms with Crippen LogP contribution in [0.25, 0.3) is 10.2 Å². The van der Waals surface area contributed by atoms with Crippen LogP contribution < -0.4 is 0 Å². The van der Waals surface area contributed by atoms with E-state index in [1.165, 1.54) is 10.4 Å². The minimum atomic E-state index is 0.486. The van der Waals surface area contributed by atoms with Gasteiger partial charge in [0.1, 0.15) is 15.8 Å². The number of aryl methyl sites for hydroxylation is 2. The molecule has 0 aliphatic heterocycles. The van der Waals surface area contributed by atoms with E-state index >= 15 is 0 Å². The van der Waals surface area contributed by atoms with Gasteiger partial charge in [-0.2, -0.15) is 0 Å². The number of nitrogens with zero attached hydrogens (tertiary/aromatic N) is 3. The summed E-state index contributed by atoms with van der Waals surface area (Å²) in [4.78, 5) is 13.7. The molecule has 0 aliphatic carbocycles. The van der Waals surface area contributed by atoms with Gasteiger partial charge in [0.2, 0.25) is 0 Å². The number of hydrogen-bond acceptors (Lipinski definition) is 4. The normalized spacial score (nSPS) is 13.7. The third kappa shape index (κ3) is 2.97. The first-order chi connectivity index (χ1) is 9.31. The van der Waals surface area contributed by atoms with Crippen LogP contribution in [0.4, 0.5) is 0 Å². The van der Waals surface area contributed by atoms with E-state index in [2.05, 4.69) is 56.5 Å². The summed E-state index contributed by atoms with van der Waals surface area (Å²) in [5, 5.41) is 1.59. The minimum absolute atomic E-state index is 0.486. The van der Waals surface area contributed by atoms with Crippen LogP contribution in [0, 0.1) is 19.8 Å². The minimum Gasteiger partial charge on any atom is -0.296 e. The van der Waals surface area contributed by atoms with E-state index in [9.17, 15) is 0 Å². The fourth-order valence-corrected chi connectivity index (χ4v) is 3.62. The Morgan fingerprint density at radius 2 is 1.85 bits per heavy atom. The molecule has 2 aromatic rings. The summed E-state index contributed by atoms with van der Waals surface area (Å²) in [6.45, 7) is 11.6. The summed E-state index contributed by atoms with van der Waals surface area (Å²) >= 11 is 8.04. The fourth-order valence-electron chi connectivity index (χ4n) is 2.19. The molecule has 0 fully saturated rings. The van der Waals surface area contributed by atoms with Crippen LogP contribution in [0.3, 0.4) is 0 Å². The summed E-state index contributed by atoms with van der Waals surface area (Å²) in [5.74, 6) is 1.41. The molecule has 20 heavy (non-hydrogen) atoms. The molecule has 2 rings (SSSR count). The molecule has 110 valence electrons. The van der Waals surface area contributed by atoms with Crippen molar-refractivity contribution in [1.29, 1.82) is 0 Å². The smallest absolute Gasteiger partial charge is 0.145 e. The third-order valence-corrected chi connectivity index (χ3v) is 5.46. The Bertz CT molecular complexity index is 621. The van der Waals surface area contributed by atoms with Gasteiger partial charge in [0.05, 0.1) is 11.9 Å². The van der Waals surface area contributed by atoms with Crippen molar-refractivity contribution in [1.82, 2.24) is 14.9 Å². The third-order valence-electron chi connectivity index (χ3n) is 4.08. The molecule has 5 heteroatoms. The van der Waals surface area contributed by atoms with E-state index in [0.29, 0.717) is 17.1 Å². The van der Waals surface area contributed by atoms with Gasteiger partial charge in [-0.25, -0.2) is 9.97 Å². The number of thiophene rings is 1. The van der Waals surface area contributed by atoms with Crippen LogP contribution in [0.2, 0.25) is 5.15 Å². The maximum atomic E-state index is 6.34. The summed E-state index contributed by atoms with van der Waals surface area (Å²) in [5.41, 5.74) is 1.20. The summed E-state index contributed by atoms with van der Waals surface area (Å²) in [6, 6.07) is 0.486. The highest BCUT2D eigenvalue weighted by Gasteiger charge is 2.17. The van der Waals surface area contributed by atoms with Gasteiger partial charge in [0.25, 0.3) is 0 Å². The van der Waals surface area contributed by atoms with Gasteiger partial charge < -0.3 is 0 Å². The lowest BCUT2D eigenvalue weighted by atomic mass is 10.1. The molecule has 0 aromatic carbocycles. The average Bonchev–Trinajstić information content (AvgIpc) is 2.64. The largest absolute Gasteiger partial charge is 0.296 e. The van der Waals surface area contributed by atoms with Gasteiger partial charge in [0, 0.05) is 10.9 Å². The molecule has 0 N–H and O–H groups in total. The molecule has 0 saturated heterocycles. The predicted octanol–water partition coefficient (Wildman–Crippen LogP) is 4.44. The predicted molar refractivity (Wildman–Crippen MR) is 87.7 cm³/mol. The van der Waals surface area contributed by atoms with Gasteiger partial charge in [-0.15, -0.1) is 11.3 Å². The summed E-state index contributed by atoms with van der Waals surface area (Å²) < 4.78 is 0. The Kier molecular flexibility index (Phi) is 4.67. The molecule has 0 aliphatic rings. The van der Waals surface area contributed by atoms with Gasteiger partial charge in [0.15, 0.2) is 0 Å². The zero-order chi connectivity index (χ0) is 15.0. The second-order valence-corrected chi connectivity index (χ2v) is 7.35. The maximum Gasteiger partial charge on any atom is 0.145 e. The molecular weight excluding hydrogens is 290 g/mol. The van der Waals surface area contributed by atoms with Crippen LogP contribution in [-0.2, 0) is 6.54 Å².